The van der Waals surface area contributed by atoms with Gasteiger partial charge in [-0.3, -0.25) is 4.79 Å². The minimum Gasteiger partial charge on any atom is -0.516 e. The zero-order valence-electron chi connectivity index (χ0n) is 8.36. The Kier molecular flexibility index (Phi) is 1.04. The van der Waals surface area contributed by atoms with Crippen LogP contribution in [0.25, 0.3) is 0 Å². The van der Waals surface area contributed by atoms with E-state index in [9.17, 15) is 4.79 Å². The minimum atomic E-state index is -1.42. The number of hydrogen-bond acceptors (Lipinski definition) is 2. The summed E-state index contributed by atoms with van der Waals surface area (Å²) in [6, 6.07) is -2.89. The van der Waals surface area contributed by atoms with E-state index in [1.54, 1.807) is 0 Å². The fourth-order valence-corrected chi connectivity index (χ4v) is 0.0847. The van der Waals surface area contributed by atoms with Gasteiger partial charge in [0.25, 0.3) is 0 Å². The lowest BCUT2D eigenvalue weighted by Gasteiger charge is -1.63. The summed E-state index contributed by atoms with van der Waals surface area (Å²) in [6.45, 7) is 0. The Labute approximate surface area is 48.8 Å². The van der Waals surface area contributed by atoms with E-state index < -0.39 is 30.7 Å². The molecular formula is C5H6O2. The average molecular weight is 103 g/mol. The Hall–Kier alpha value is -1.05. The van der Waals surface area contributed by atoms with Crippen molar-refractivity contribution < 1.29 is 16.8 Å². The number of rotatable bonds is 2. The molecule has 7 heavy (non-hydrogen) atoms. The third-order valence-corrected chi connectivity index (χ3v) is 0.232. The third kappa shape index (κ3) is 4.95. The molecule has 0 saturated carbocycles. The molecule has 0 fully saturated rings. The molecule has 2 nitrogen and oxygen atoms in total. The molecular weight excluding hydrogens is 92.1 g/mol. The number of carbonyl (C=O) groups excluding carboxylic acids is 1. The van der Waals surface area contributed by atoms with Crippen molar-refractivity contribution in [2.45, 2.75) is 0 Å². The summed E-state index contributed by atoms with van der Waals surface area (Å²) in [5, 5.41) is 8.37. The molecule has 0 spiro atoms. The predicted octanol–water partition coefficient (Wildman–Crippen LogP) is 0.813. The molecule has 38 valence electrons. The second-order valence-electron chi connectivity index (χ2n) is 0.589. The molecule has 0 aromatic carbocycles. The van der Waals surface area contributed by atoms with Crippen LogP contribution in [0.5, 0.6) is 0 Å². The van der Waals surface area contributed by atoms with Gasteiger partial charge in [0.05, 0.1) is 10.4 Å². The highest BCUT2D eigenvalue weighted by Gasteiger charge is 1.56. The van der Waals surface area contributed by atoms with Gasteiger partial charge in [-0.1, -0.05) is 6.05 Å². The van der Waals surface area contributed by atoms with Crippen molar-refractivity contribution in [1.29, 1.82) is 0 Å². The lowest BCUT2D eigenvalue weighted by Crippen LogP contribution is -1.55. The van der Waals surface area contributed by atoms with Crippen molar-refractivity contribution in [2.75, 3.05) is 0 Å². The Morgan fingerprint density at radius 2 is 2.14 bits per heavy atom. The van der Waals surface area contributed by atoms with E-state index in [0.717, 1.165) is 0 Å². The van der Waals surface area contributed by atoms with Gasteiger partial charge < -0.3 is 5.11 Å². The molecule has 0 bridgehead atoms. The van der Waals surface area contributed by atoms with Crippen LogP contribution in [-0.4, -0.2) is 11.4 Å². The van der Waals surface area contributed by atoms with Crippen LogP contribution in [0.1, 0.15) is 6.85 Å². The summed E-state index contributed by atoms with van der Waals surface area (Å²) in [5.41, 5.74) is 0. The molecule has 0 atom stereocenters. The third-order valence-electron chi connectivity index (χ3n) is 0.232. The molecule has 0 aliphatic heterocycles. The molecule has 0 heterocycles. The first-order chi connectivity index (χ1) is 5.37. The number of allylic oxidation sites excluding steroid dienone is 3. The lowest BCUT2D eigenvalue weighted by molar-refractivity contribution is -0.104. The fourth-order valence-electron chi connectivity index (χ4n) is 0.0847. The largest absolute Gasteiger partial charge is 0.516 e. The van der Waals surface area contributed by atoms with Gasteiger partial charge in [-0.05, 0) is 12.1 Å². The zero-order chi connectivity index (χ0) is 9.89. The molecule has 0 saturated heterocycles. The second-order valence-corrected chi connectivity index (χ2v) is 0.589. The van der Waals surface area contributed by atoms with E-state index in [1.165, 1.54) is 0 Å². The van der Waals surface area contributed by atoms with Crippen molar-refractivity contribution in [3.63, 3.8) is 0 Å². The molecule has 0 radical (unpaired) electrons. The maximum absolute atomic E-state index is 10.2. The van der Waals surface area contributed by atoms with E-state index >= 15 is 0 Å². The fraction of sp³-hybridized carbons (Fsp3) is 0. The Morgan fingerprint density at radius 3 is 2.57 bits per heavy atom. The highest BCUT2D eigenvalue weighted by atomic mass is 16.2. The van der Waals surface area contributed by atoms with Gasteiger partial charge in [-0.2, -0.15) is 0 Å². The first kappa shape index (κ1) is 1.47. The van der Waals surface area contributed by atoms with Crippen molar-refractivity contribution in [2.24, 2.45) is 0 Å². The minimum absolute atomic E-state index is 0.928. The van der Waals surface area contributed by atoms with Crippen LogP contribution in [0.3, 0.4) is 0 Å². The van der Waals surface area contributed by atoms with Gasteiger partial charge in [0.1, 0.15) is 9.00 Å². The second kappa shape index (κ2) is 4.95. The maximum atomic E-state index is 10.2. The van der Waals surface area contributed by atoms with Gasteiger partial charge >= 0.3 is 0 Å². The van der Waals surface area contributed by atoms with E-state index in [2.05, 4.69) is 0 Å². The van der Waals surface area contributed by atoms with Crippen LogP contribution in [0.2, 0.25) is 0 Å². The van der Waals surface area contributed by atoms with Gasteiger partial charge in [-0.15, -0.1) is 0 Å². The molecule has 0 unspecified atom stereocenters. The number of aldehydes is 1. The smallest absolute Gasteiger partial charge is 0.142 e. The van der Waals surface area contributed by atoms with Crippen molar-refractivity contribution in [1.82, 2.24) is 0 Å². The molecule has 0 aromatic rings. The molecule has 0 aliphatic carbocycles. The van der Waals surface area contributed by atoms with E-state index in [1.807, 2.05) is 0 Å². The van der Waals surface area contributed by atoms with Gasteiger partial charge in [0.15, 0.2) is 0 Å². The summed E-state index contributed by atoms with van der Waals surface area (Å²) in [4.78, 5) is 10.2. The van der Waals surface area contributed by atoms with Crippen LogP contribution in [0, 0.1) is 0 Å². The van der Waals surface area contributed by atoms with Crippen LogP contribution < -0.4 is 0 Å². The molecule has 0 rings (SSSR count). The maximum Gasteiger partial charge on any atom is 0.142 e. The number of carbonyl (C=O) groups is 1. The number of aliphatic hydroxyl groups excluding tert-OH is 1. The van der Waals surface area contributed by atoms with Crippen LogP contribution in [-0.2, 0) is 4.79 Å². The lowest BCUT2D eigenvalue weighted by atomic mass is 10.5. The Morgan fingerprint density at radius 1 is 1.43 bits per heavy atom. The van der Waals surface area contributed by atoms with E-state index in [-0.39, 0.29) is 0 Å². The highest BCUT2D eigenvalue weighted by Crippen LogP contribution is 1.68. The quantitative estimate of drug-likeness (QED) is 0.243. The summed E-state index contributed by atoms with van der Waals surface area (Å²) in [6.07, 6.45) is -2.63. The topological polar surface area (TPSA) is 37.3 Å². The summed E-state index contributed by atoms with van der Waals surface area (Å²) < 4.78 is 33.3. The zero-order valence-corrected chi connectivity index (χ0v) is 3.36. The molecule has 0 amide bonds. The standard InChI is InChI=1S/C5H6O2/c6-4-2-1-3-5-7/h1-6H/b3-1+,4-2+/i1D,2D,3D,4D,5D. The SMILES string of the molecule is [2H]C(=O)/C([2H])=C([2H])/C([2H])=C(\[2H])O. The Bertz CT molecular complexity index is 263. The van der Waals surface area contributed by atoms with Gasteiger partial charge in [-0.25, -0.2) is 0 Å². The number of hydrogen-bond donors (Lipinski definition) is 1. The van der Waals surface area contributed by atoms with Crippen LogP contribution in [0.15, 0.2) is 24.4 Å². The van der Waals surface area contributed by atoms with Crippen LogP contribution >= 0.6 is 0 Å². The van der Waals surface area contributed by atoms with Crippen LogP contribution in [0.4, 0.5) is 0 Å². The highest BCUT2D eigenvalue weighted by molar-refractivity contribution is 5.65. The van der Waals surface area contributed by atoms with E-state index in [4.69, 9.17) is 12.0 Å². The molecule has 0 aliphatic rings. The average Bonchev–Trinajstić information content (AvgIpc) is 2.00. The molecule has 2 heteroatoms. The van der Waals surface area contributed by atoms with E-state index in [0.29, 0.717) is 0 Å². The molecule has 0 aromatic heterocycles. The summed E-state index contributed by atoms with van der Waals surface area (Å²) in [5.74, 6) is 0. The predicted molar refractivity (Wildman–Crippen MR) is 27.0 cm³/mol. The van der Waals surface area contributed by atoms with Crippen molar-refractivity contribution in [3.8, 4) is 0 Å². The Balaban J connectivity index is 5.06. The number of aliphatic hydroxyl groups is 1. The van der Waals surface area contributed by atoms with Gasteiger partial charge in [0, 0.05) is 0 Å². The first-order valence-electron chi connectivity index (χ1n) is 3.93. The monoisotopic (exact) mass is 103 g/mol. The van der Waals surface area contributed by atoms with Gasteiger partial charge in [0.2, 0.25) is 0 Å². The normalized spacial score (nSPS) is 26.6. The molecule has 1 N–H and O–H groups in total. The summed E-state index contributed by atoms with van der Waals surface area (Å²) >= 11 is 0. The van der Waals surface area contributed by atoms with Crippen molar-refractivity contribution >= 4 is 6.26 Å². The summed E-state index contributed by atoms with van der Waals surface area (Å²) in [7, 11) is 0. The first-order valence-corrected chi connectivity index (χ1v) is 1.43. The van der Waals surface area contributed by atoms with Crippen molar-refractivity contribution in [3.05, 3.63) is 24.4 Å².